The molecule has 0 bridgehead atoms. The molecule has 0 atom stereocenters. The van der Waals surface area contributed by atoms with Gasteiger partial charge in [-0.25, -0.2) is 0 Å². The van der Waals surface area contributed by atoms with E-state index in [4.69, 9.17) is 0 Å². The molecule has 0 aliphatic heterocycles. The molecule has 19 heavy (non-hydrogen) atoms. The third-order valence-corrected chi connectivity index (χ3v) is 5.06. The maximum absolute atomic E-state index is 2.43. The molecule has 102 valence electrons. The van der Waals surface area contributed by atoms with E-state index in [1.165, 1.54) is 85.7 Å². The van der Waals surface area contributed by atoms with Crippen LogP contribution in [-0.4, -0.2) is 27.9 Å². The van der Waals surface area contributed by atoms with Crippen molar-refractivity contribution in [3.05, 3.63) is 28.8 Å². The quantitative estimate of drug-likeness (QED) is 0.578. The minimum atomic E-state index is 1.20. The Labute approximate surface area is 137 Å². The van der Waals surface area contributed by atoms with Gasteiger partial charge in [-0.05, 0) is 0 Å². The molecule has 1 aromatic carbocycles. The summed E-state index contributed by atoms with van der Waals surface area (Å²) in [5, 5.41) is 0. The van der Waals surface area contributed by atoms with Gasteiger partial charge in [-0.3, -0.25) is 0 Å². The van der Waals surface area contributed by atoms with Gasteiger partial charge in [-0.1, -0.05) is 0 Å². The third-order valence-electron chi connectivity index (χ3n) is 4.12. The summed E-state index contributed by atoms with van der Waals surface area (Å²) in [7, 11) is 0. The molecular formula is C18H29Na. The topological polar surface area (TPSA) is 0 Å². The first-order valence-electron chi connectivity index (χ1n) is 8.34. The number of hydrogen-bond donors (Lipinski definition) is 0. The number of unbranched alkanes of at least 4 members (excludes halogenated alkanes) is 3. The second kappa shape index (κ2) is 10.0. The molecule has 0 aromatic heterocycles. The van der Waals surface area contributed by atoms with Crippen molar-refractivity contribution in [1.29, 1.82) is 0 Å². The molecule has 0 amide bonds. The van der Waals surface area contributed by atoms with E-state index in [1.54, 1.807) is 19.5 Å². The van der Waals surface area contributed by atoms with Crippen molar-refractivity contribution < 1.29 is 0 Å². The number of benzene rings is 1. The second-order valence-electron chi connectivity index (χ2n) is 5.81. The summed E-state index contributed by atoms with van der Waals surface area (Å²) in [6, 6.07) is 4.84. The van der Waals surface area contributed by atoms with Gasteiger partial charge in [0.1, 0.15) is 0 Å². The average Bonchev–Trinajstić information content (AvgIpc) is 2.42. The molecule has 0 unspecified atom stereocenters. The normalized spacial score (nSPS) is 11.0. The molecule has 0 spiro atoms. The van der Waals surface area contributed by atoms with Crippen molar-refractivity contribution in [3.8, 4) is 0 Å². The van der Waals surface area contributed by atoms with Crippen molar-refractivity contribution in [2.45, 2.75) is 78.6 Å². The zero-order valence-corrected chi connectivity index (χ0v) is 15.5. The Morgan fingerprint density at radius 3 is 1.84 bits per heavy atom. The Morgan fingerprint density at radius 1 is 0.737 bits per heavy atom. The Bertz CT molecular complexity index is 368. The number of aryl methyl sites for hydroxylation is 1. The number of rotatable bonds is 9. The fraction of sp³-hybridized carbons (Fsp3) is 0.667. The number of hydrogen-bond acceptors (Lipinski definition) is 0. The van der Waals surface area contributed by atoms with Gasteiger partial charge in [0.2, 0.25) is 0 Å². The molecule has 0 heterocycles. The second-order valence-corrected chi connectivity index (χ2v) is 6.89. The zero-order chi connectivity index (χ0) is 14.1. The van der Waals surface area contributed by atoms with E-state index < -0.39 is 0 Å². The van der Waals surface area contributed by atoms with Gasteiger partial charge >= 0.3 is 138 Å². The van der Waals surface area contributed by atoms with E-state index in [1.807, 2.05) is 0 Å². The maximum atomic E-state index is 2.43. The summed E-state index contributed by atoms with van der Waals surface area (Å²) in [5.74, 6) is 0. The van der Waals surface area contributed by atoms with Crippen LogP contribution in [0.25, 0.3) is 0 Å². The van der Waals surface area contributed by atoms with E-state index in [-0.39, 0.29) is 0 Å². The molecule has 0 saturated heterocycles. The van der Waals surface area contributed by atoms with Gasteiger partial charge in [0.25, 0.3) is 0 Å². The Balaban J connectivity index is 3.00. The van der Waals surface area contributed by atoms with Gasteiger partial charge in [-0.15, -0.1) is 0 Å². The van der Waals surface area contributed by atoms with Crippen LogP contribution < -0.4 is 2.81 Å². The predicted octanol–water partition coefficient (Wildman–Crippen LogP) is 4.51. The molecule has 0 aliphatic carbocycles. The summed E-state index contributed by atoms with van der Waals surface area (Å²) in [6.07, 6.45) is 11.9. The van der Waals surface area contributed by atoms with Crippen LogP contribution in [0.4, 0.5) is 0 Å². The molecule has 1 heteroatoms. The molecule has 0 nitrogen and oxygen atoms in total. The van der Waals surface area contributed by atoms with E-state index in [2.05, 4.69) is 32.9 Å². The zero-order valence-electron chi connectivity index (χ0n) is 13.5. The van der Waals surface area contributed by atoms with Gasteiger partial charge in [0.05, 0.1) is 0 Å². The van der Waals surface area contributed by atoms with Crippen LogP contribution in [0.3, 0.4) is 0 Å². The summed E-state index contributed by atoms with van der Waals surface area (Å²) in [6.45, 7) is 6.91. The summed E-state index contributed by atoms with van der Waals surface area (Å²) in [5.41, 5.74) is 5.12. The summed E-state index contributed by atoms with van der Waals surface area (Å²) >= 11 is 1.20. The first-order valence-corrected chi connectivity index (χ1v) is 9.34. The molecule has 0 radical (unpaired) electrons. The van der Waals surface area contributed by atoms with Crippen molar-refractivity contribution in [2.75, 3.05) is 0 Å². The van der Waals surface area contributed by atoms with Crippen LogP contribution in [-0.2, 0) is 19.3 Å². The Hall–Kier alpha value is 0.220. The molecule has 0 aliphatic rings. The molecule has 0 fully saturated rings. The van der Waals surface area contributed by atoms with Crippen molar-refractivity contribution in [1.82, 2.24) is 0 Å². The molecular weight excluding hydrogens is 239 g/mol. The van der Waals surface area contributed by atoms with E-state index in [0.29, 0.717) is 0 Å². The average molecular weight is 268 g/mol. The molecule has 0 saturated carbocycles. The molecule has 1 rings (SSSR count). The first kappa shape index (κ1) is 17.3. The van der Waals surface area contributed by atoms with Crippen LogP contribution in [0, 0.1) is 0 Å². The predicted molar refractivity (Wildman–Crippen MR) is 87.7 cm³/mol. The van der Waals surface area contributed by atoms with Crippen LogP contribution in [0.2, 0.25) is 0 Å². The van der Waals surface area contributed by atoms with Gasteiger partial charge in [0.15, 0.2) is 0 Å². The van der Waals surface area contributed by atoms with Crippen LogP contribution in [0.5, 0.6) is 0 Å². The van der Waals surface area contributed by atoms with Gasteiger partial charge in [0, 0.05) is 0 Å². The van der Waals surface area contributed by atoms with Crippen LogP contribution >= 0.6 is 0 Å². The van der Waals surface area contributed by atoms with Crippen molar-refractivity contribution in [3.63, 3.8) is 0 Å². The standard InChI is InChI=1S/C18H29.Na/c1-4-7-11-16-13-10-14-17(12-8-5-2)18(16)15-9-6-3;/h10,13H,4-9,11-12,15H2,1-3H3;. The van der Waals surface area contributed by atoms with Gasteiger partial charge < -0.3 is 0 Å². The van der Waals surface area contributed by atoms with E-state index >= 15 is 0 Å². The van der Waals surface area contributed by atoms with E-state index in [0.717, 1.165) is 0 Å². The molecule has 1 aromatic rings. The van der Waals surface area contributed by atoms with Crippen molar-refractivity contribution in [2.24, 2.45) is 0 Å². The fourth-order valence-electron chi connectivity index (χ4n) is 2.83. The molecule has 0 N–H and O–H groups in total. The van der Waals surface area contributed by atoms with E-state index in [9.17, 15) is 0 Å². The fourth-order valence-corrected chi connectivity index (χ4v) is 3.55. The first-order chi connectivity index (χ1) is 9.24. The Kier molecular flexibility index (Phi) is 9.11. The van der Waals surface area contributed by atoms with Crippen LogP contribution in [0.15, 0.2) is 12.1 Å². The third kappa shape index (κ3) is 5.61. The monoisotopic (exact) mass is 268 g/mol. The van der Waals surface area contributed by atoms with Gasteiger partial charge in [-0.2, -0.15) is 0 Å². The van der Waals surface area contributed by atoms with Crippen LogP contribution in [0.1, 0.15) is 76.0 Å². The minimum absolute atomic E-state index is 1.20. The van der Waals surface area contributed by atoms with Crippen molar-refractivity contribution >= 4 is 30.7 Å². The summed E-state index contributed by atoms with van der Waals surface area (Å²) < 4.78 is 1.65. The summed E-state index contributed by atoms with van der Waals surface area (Å²) in [4.78, 5) is 0. The Morgan fingerprint density at radius 2 is 1.26 bits per heavy atom. The SMILES string of the molecule is CCCCc1cc[c]([Na])c(CCCC)c1CCCC.